The van der Waals surface area contributed by atoms with Crippen LogP contribution in [0.2, 0.25) is 0 Å². The average Bonchev–Trinajstić information content (AvgIpc) is 3.21. The van der Waals surface area contributed by atoms with Crippen LogP contribution >= 0.6 is 0 Å². The van der Waals surface area contributed by atoms with Gasteiger partial charge in [-0.1, -0.05) is 37.6 Å². The molecule has 6 nitrogen and oxygen atoms in total. The summed E-state index contributed by atoms with van der Waals surface area (Å²) in [6.45, 7) is 2.17. The molecule has 29 heavy (non-hydrogen) atoms. The maximum absolute atomic E-state index is 12.2. The molecule has 0 radical (unpaired) electrons. The number of nitrogens with one attached hydrogen (secondary N) is 1. The Morgan fingerprint density at radius 1 is 1.07 bits per heavy atom. The number of nitro groups is 1. The second-order valence-electron chi connectivity index (χ2n) is 6.92. The lowest BCUT2D eigenvalue weighted by atomic mass is 10.1. The molecule has 0 atom stereocenters. The van der Waals surface area contributed by atoms with Crippen molar-refractivity contribution in [2.24, 2.45) is 0 Å². The minimum Gasteiger partial charge on any atom is -0.461 e. The van der Waals surface area contributed by atoms with Crippen LogP contribution in [0.15, 0.2) is 65.1 Å². The van der Waals surface area contributed by atoms with Crippen molar-refractivity contribution in [1.82, 2.24) is 0 Å². The third kappa shape index (κ3) is 5.78. The van der Waals surface area contributed by atoms with E-state index in [4.69, 9.17) is 4.42 Å². The topological polar surface area (TPSA) is 85.4 Å². The quantitative estimate of drug-likeness (QED) is 0.370. The Hall–Kier alpha value is -3.41. The number of nitro benzene ring substituents is 1. The zero-order chi connectivity index (χ0) is 20.6. The highest BCUT2D eigenvalue weighted by atomic mass is 16.6. The predicted molar refractivity (Wildman–Crippen MR) is 113 cm³/mol. The molecule has 0 fully saturated rings. The number of non-ortho nitro benzene ring substituents is 1. The summed E-state index contributed by atoms with van der Waals surface area (Å²) in [6, 6.07) is 17.8. The van der Waals surface area contributed by atoms with Gasteiger partial charge in [0.1, 0.15) is 11.5 Å². The molecule has 6 heteroatoms. The molecule has 1 N–H and O–H groups in total. The van der Waals surface area contributed by atoms with E-state index < -0.39 is 4.92 Å². The summed E-state index contributed by atoms with van der Waals surface area (Å²) in [6.07, 6.45) is 4.12. The maximum atomic E-state index is 12.2. The van der Waals surface area contributed by atoms with Crippen LogP contribution in [0.5, 0.6) is 0 Å². The first-order valence-corrected chi connectivity index (χ1v) is 9.77. The van der Waals surface area contributed by atoms with Crippen molar-refractivity contribution < 1.29 is 14.1 Å². The number of hydrogen-bond acceptors (Lipinski definition) is 4. The number of furan rings is 1. The number of nitrogens with zero attached hydrogens (tertiary/aromatic N) is 1. The summed E-state index contributed by atoms with van der Waals surface area (Å²) >= 11 is 0. The number of amides is 1. The highest BCUT2D eigenvalue weighted by molar-refractivity contribution is 5.90. The number of hydrogen-bond donors (Lipinski definition) is 1. The van der Waals surface area contributed by atoms with Gasteiger partial charge in [0.2, 0.25) is 5.91 Å². The summed E-state index contributed by atoms with van der Waals surface area (Å²) in [5.74, 6) is 1.13. The number of anilines is 1. The van der Waals surface area contributed by atoms with Crippen LogP contribution in [0, 0.1) is 10.1 Å². The van der Waals surface area contributed by atoms with Gasteiger partial charge in [-0.05, 0) is 42.7 Å². The highest BCUT2D eigenvalue weighted by Gasteiger charge is 2.11. The van der Waals surface area contributed by atoms with E-state index in [1.807, 2.05) is 24.3 Å². The summed E-state index contributed by atoms with van der Waals surface area (Å²) in [7, 11) is 0. The van der Waals surface area contributed by atoms with E-state index >= 15 is 0 Å². The molecular weight excluding hydrogens is 368 g/mol. The normalized spacial score (nSPS) is 10.7. The zero-order valence-corrected chi connectivity index (χ0v) is 16.4. The molecule has 3 rings (SSSR count). The Balaban J connectivity index is 1.53. The first-order chi connectivity index (χ1) is 14.0. The van der Waals surface area contributed by atoms with E-state index in [-0.39, 0.29) is 11.6 Å². The van der Waals surface area contributed by atoms with Crippen molar-refractivity contribution >= 4 is 17.3 Å². The Kier molecular flexibility index (Phi) is 6.79. The molecular formula is C23H24N2O4. The van der Waals surface area contributed by atoms with Gasteiger partial charge in [0.05, 0.1) is 4.92 Å². The van der Waals surface area contributed by atoms with Crippen molar-refractivity contribution in [2.45, 2.75) is 39.0 Å². The Labute approximate surface area is 169 Å². The highest BCUT2D eigenvalue weighted by Crippen LogP contribution is 2.26. The Morgan fingerprint density at radius 3 is 2.59 bits per heavy atom. The molecule has 0 aliphatic carbocycles. The number of rotatable bonds is 9. The van der Waals surface area contributed by atoms with Gasteiger partial charge in [0.25, 0.3) is 5.69 Å². The van der Waals surface area contributed by atoms with Crippen molar-refractivity contribution in [3.05, 3.63) is 82.1 Å². The molecule has 0 saturated heterocycles. The fourth-order valence-electron chi connectivity index (χ4n) is 3.04. The molecule has 0 bridgehead atoms. The second kappa shape index (κ2) is 9.68. The van der Waals surface area contributed by atoms with Gasteiger partial charge in [-0.3, -0.25) is 14.9 Å². The van der Waals surface area contributed by atoms with E-state index in [9.17, 15) is 14.9 Å². The van der Waals surface area contributed by atoms with Crippen LogP contribution in [0.25, 0.3) is 11.3 Å². The molecule has 0 unspecified atom stereocenters. The second-order valence-corrected chi connectivity index (χ2v) is 6.92. The van der Waals surface area contributed by atoms with Crippen LogP contribution < -0.4 is 5.32 Å². The Morgan fingerprint density at radius 2 is 1.86 bits per heavy atom. The first-order valence-electron chi connectivity index (χ1n) is 9.77. The summed E-state index contributed by atoms with van der Waals surface area (Å²) in [4.78, 5) is 22.7. The first kappa shape index (κ1) is 20.3. The van der Waals surface area contributed by atoms with Crippen LogP contribution in [-0.2, 0) is 17.6 Å². The van der Waals surface area contributed by atoms with Crippen molar-refractivity contribution in [3.63, 3.8) is 0 Å². The summed E-state index contributed by atoms with van der Waals surface area (Å²) < 4.78 is 5.76. The average molecular weight is 392 g/mol. The smallest absolute Gasteiger partial charge is 0.270 e. The number of carbonyl (C=O) groups is 1. The minimum absolute atomic E-state index is 0.0144. The van der Waals surface area contributed by atoms with Crippen molar-refractivity contribution in [3.8, 4) is 11.3 Å². The fourth-order valence-corrected chi connectivity index (χ4v) is 3.04. The SMILES string of the molecule is CCCCc1ccc(NC(=O)CCc2ccc(-c3cccc([N+](=O)[O-])c3)o2)cc1. The maximum Gasteiger partial charge on any atom is 0.270 e. The van der Waals surface area contributed by atoms with Gasteiger partial charge in [-0.2, -0.15) is 0 Å². The summed E-state index contributed by atoms with van der Waals surface area (Å²) in [5.41, 5.74) is 2.71. The Bertz CT molecular complexity index is 977. The molecule has 1 aromatic heterocycles. The molecule has 0 saturated carbocycles. The number of unbranched alkanes of at least 4 members (excludes halogenated alkanes) is 1. The van der Waals surface area contributed by atoms with Gasteiger partial charge >= 0.3 is 0 Å². The van der Waals surface area contributed by atoms with E-state index in [0.717, 1.165) is 24.9 Å². The van der Waals surface area contributed by atoms with Crippen LogP contribution in [0.3, 0.4) is 0 Å². The van der Waals surface area contributed by atoms with Crippen molar-refractivity contribution in [1.29, 1.82) is 0 Å². The zero-order valence-electron chi connectivity index (χ0n) is 16.4. The minimum atomic E-state index is -0.436. The molecule has 3 aromatic rings. The third-order valence-electron chi connectivity index (χ3n) is 4.66. The van der Waals surface area contributed by atoms with Crippen LogP contribution in [0.4, 0.5) is 11.4 Å². The van der Waals surface area contributed by atoms with E-state index in [2.05, 4.69) is 12.2 Å². The van der Waals surface area contributed by atoms with E-state index in [1.54, 1.807) is 24.3 Å². The van der Waals surface area contributed by atoms with Gasteiger partial charge < -0.3 is 9.73 Å². The summed E-state index contributed by atoms with van der Waals surface area (Å²) in [5, 5.41) is 13.8. The van der Waals surface area contributed by atoms with Gasteiger partial charge in [-0.25, -0.2) is 0 Å². The van der Waals surface area contributed by atoms with E-state index in [0.29, 0.717) is 29.9 Å². The monoisotopic (exact) mass is 392 g/mol. The number of benzene rings is 2. The molecule has 1 amide bonds. The van der Waals surface area contributed by atoms with Crippen LogP contribution in [-0.4, -0.2) is 10.8 Å². The number of carbonyl (C=O) groups excluding carboxylic acids is 1. The lowest BCUT2D eigenvalue weighted by Gasteiger charge is -2.06. The van der Waals surface area contributed by atoms with Gasteiger partial charge in [-0.15, -0.1) is 0 Å². The predicted octanol–water partition coefficient (Wildman–Crippen LogP) is 5.77. The molecule has 0 aliphatic heterocycles. The lowest BCUT2D eigenvalue weighted by Crippen LogP contribution is -2.12. The number of aryl methyl sites for hydroxylation is 2. The largest absolute Gasteiger partial charge is 0.461 e. The van der Waals surface area contributed by atoms with Crippen molar-refractivity contribution in [2.75, 3.05) is 5.32 Å². The van der Waals surface area contributed by atoms with Gasteiger partial charge in [0.15, 0.2) is 0 Å². The molecule has 150 valence electrons. The lowest BCUT2D eigenvalue weighted by molar-refractivity contribution is -0.384. The van der Waals surface area contributed by atoms with Gasteiger partial charge in [0, 0.05) is 36.2 Å². The van der Waals surface area contributed by atoms with Crippen LogP contribution in [0.1, 0.15) is 37.5 Å². The van der Waals surface area contributed by atoms with E-state index in [1.165, 1.54) is 17.7 Å². The molecule has 0 aliphatic rings. The molecule has 1 heterocycles. The molecule has 2 aromatic carbocycles. The third-order valence-corrected chi connectivity index (χ3v) is 4.66. The standard InChI is InChI=1S/C23H24N2O4/c1-2-3-5-17-8-10-19(11-9-17)24-23(26)15-13-21-12-14-22(29-21)18-6-4-7-20(16-18)25(27)28/h4,6-12,14,16H,2-3,5,13,15H2,1H3,(H,24,26). The molecule has 0 spiro atoms. The fraction of sp³-hybridized carbons (Fsp3) is 0.261.